The molecular weight excluding hydrogens is 327 g/mol. The summed E-state index contributed by atoms with van der Waals surface area (Å²) < 4.78 is 12.9. The summed E-state index contributed by atoms with van der Waals surface area (Å²) in [7, 11) is 0. The minimum absolute atomic E-state index is 0.0323. The van der Waals surface area contributed by atoms with Crippen LogP contribution in [0, 0.1) is 5.82 Å². The fraction of sp³-hybridized carbons (Fsp3) is 0.471. The predicted octanol–water partition coefficient (Wildman–Crippen LogP) is 1.12. The minimum atomic E-state index is -0.412. The van der Waals surface area contributed by atoms with Crippen LogP contribution >= 0.6 is 0 Å². The number of hydrogen-bond acceptors (Lipinski definition) is 3. The number of piperazine rings is 1. The van der Waals surface area contributed by atoms with Crippen molar-refractivity contribution in [3.63, 3.8) is 0 Å². The number of carbonyl (C=O) groups is 3. The van der Waals surface area contributed by atoms with Gasteiger partial charge in [-0.3, -0.25) is 9.59 Å². The average Bonchev–Trinajstić information content (AvgIpc) is 3.13. The molecule has 1 aromatic rings. The van der Waals surface area contributed by atoms with Gasteiger partial charge < -0.3 is 20.0 Å². The zero-order valence-electron chi connectivity index (χ0n) is 13.9. The first-order valence-electron chi connectivity index (χ1n) is 8.40. The van der Waals surface area contributed by atoms with E-state index in [0.29, 0.717) is 18.8 Å². The summed E-state index contributed by atoms with van der Waals surface area (Å²) in [5, 5.41) is 2.63. The van der Waals surface area contributed by atoms with Crippen molar-refractivity contribution in [1.29, 1.82) is 0 Å². The van der Waals surface area contributed by atoms with E-state index in [1.165, 1.54) is 34.1 Å². The highest BCUT2D eigenvalue weighted by Gasteiger charge is 2.30. The number of urea groups is 1. The summed E-state index contributed by atoms with van der Waals surface area (Å²) in [5.41, 5.74) is 0.463. The van der Waals surface area contributed by atoms with Gasteiger partial charge in [-0.25, -0.2) is 9.18 Å². The number of likely N-dealkylation sites (tertiary alicyclic amines) is 1. The number of nitrogens with one attached hydrogen (secondary N) is 1. The van der Waals surface area contributed by atoms with Crippen LogP contribution in [0.25, 0.3) is 0 Å². The molecule has 2 heterocycles. The van der Waals surface area contributed by atoms with Gasteiger partial charge >= 0.3 is 6.03 Å². The maximum Gasteiger partial charge on any atom is 0.322 e. The second kappa shape index (κ2) is 7.50. The Hall–Kier alpha value is -2.64. The summed E-state index contributed by atoms with van der Waals surface area (Å²) in [4.78, 5) is 41.3. The Kier molecular flexibility index (Phi) is 5.16. The number of rotatable bonds is 3. The maximum absolute atomic E-state index is 12.9. The van der Waals surface area contributed by atoms with Crippen LogP contribution in [0.5, 0.6) is 0 Å². The van der Waals surface area contributed by atoms with Gasteiger partial charge in [-0.1, -0.05) is 0 Å². The molecule has 134 valence electrons. The third-order valence-corrected chi connectivity index (χ3v) is 4.49. The number of anilines is 1. The molecule has 1 N–H and O–H groups in total. The number of nitrogens with zero attached hydrogens (tertiary/aromatic N) is 3. The van der Waals surface area contributed by atoms with E-state index in [-0.39, 0.29) is 30.7 Å². The Bertz CT molecular complexity index is 658. The third-order valence-electron chi connectivity index (χ3n) is 4.49. The molecule has 0 aromatic heterocycles. The van der Waals surface area contributed by atoms with Gasteiger partial charge in [-0.15, -0.1) is 0 Å². The molecule has 0 atom stereocenters. The predicted molar refractivity (Wildman–Crippen MR) is 89.4 cm³/mol. The lowest BCUT2D eigenvalue weighted by atomic mass is 10.3. The molecule has 0 unspecified atom stereocenters. The van der Waals surface area contributed by atoms with Crippen molar-refractivity contribution in [3.8, 4) is 0 Å². The average molecular weight is 348 g/mol. The van der Waals surface area contributed by atoms with E-state index >= 15 is 0 Å². The van der Waals surface area contributed by atoms with Gasteiger partial charge in [-0.05, 0) is 37.1 Å². The Balaban J connectivity index is 1.50. The number of benzene rings is 1. The van der Waals surface area contributed by atoms with E-state index < -0.39 is 6.03 Å². The molecule has 0 spiro atoms. The zero-order chi connectivity index (χ0) is 17.8. The van der Waals surface area contributed by atoms with Crippen molar-refractivity contribution in [1.82, 2.24) is 14.7 Å². The summed E-state index contributed by atoms with van der Waals surface area (Å²) in [5.74, 6) is -0.660. The number of carbonyl (C=O) groups excluding carboxylic acids is 3. The van der Waals surface area contributed by atoms with E-state index in [0.717, 1.165) is 25.9 Å². The first kappa shape index (κ1) is 17.2. The SMILES string of the molecule is O=C(CN1CCN(C(=O)Nc2ccc(F)cc2)CC1=O)N1CCCC1. The van der Waals surface area contributed by atoms with Crippen molar-refractivity contribution in [2.24, 2.45) is 0 Å². The lowest BCUT2D eigenvalue weighted by Crippen LogP contribution is -2.55. The highest BCUT2D eigenvalue weighted by atomic mass is 19.1. The van der Waals surface area contributed by atoms with Crippen LogP contribution < -0.4 is 5.32 Å². The Morgan fingerprint density at radius 3 is 2.32 bits per heavy atom. The highest BCUT2D eigenvalue weighted by Crippen LogP contribution is 2.12. The monoisotopic (exact) mass is 348 g/mol. The fourth-order valence-electron chi connectivity index (χ4n) is 3.01. The van der Waals surface area contributed by atoms with E-state index in [9.17, 15) is 18.8 Å². The topological polar surface area (TPSA) is 73.0 Å². The molecule has 4 amide bonds. The van der Waals surface area contributed by atoms with Gasteiger partial charge in [0.2, 0.25) is 11.8 Å². The van der Waals surface area contributed by atoms with Crippen LogP contribution in [0.15, 0.2) is 24.3 Å². The second-order valence-electron chi connectivity index (χ2n) is 6.26. The van der Waals surface area contributed by atoms with Crippen LogP contribution in [0.4, 0.5) is 14.9 Å². The lowest BCUT2D eigenvalue weighted by Gasteiger charge is -2.34. The second-order valence-corrected chi connectivity index (χ2v) is 6.26. The normalized spacial score (nSPS) is 17.8. The van der Waals surface area contributed by atoms with Crippen LogP contribution in [0.3, 0.4) is 0 Å². The van der Waals surface area contributed by atoms with E-state index in [1.54, 1.807) is 4.90 Å². The molecule has 7 nitrogen and oxygen atoms in total. The van der Waals surface area contributed by atoms with Gasteiger partial charge in [0.05, 0.1) is 6.54 Å². The van der Waals surface area contributed by atoms with E-state index in [1.807, 2.05) is 0 Å². The third kappa shape index (κ3) is 4.26. The van der Waals surface area contributed by atoms with Crippen LogP contribution in [-0.4, -0.2) is 71.8 Å². The van der Waals surface area contributed by atoms with Crippen molar-refractivity contribution < 1.29 is 18.8 Å². The molecule has 2 saturated heterocycles. The maximum atomic E-state index is 12.9. The summed E-state index contributed by atoms with van der Waals surface area (Å²) in [6.07, 6.45) is 2.02. The van der Waals surface area contributed by atoms with Gasteiger partial charge in [-0.2, -0.15) is 0 Å². The fourth-order valence-corrected chi connectivity index (χ4v) is 3.01. The number of hydrogen-bond donors (Lipinski definition) is 1. The number of halogens is 1. The van der Waals surface area contributed by atoms with Crippen molar-refractivity contribution in [3.05, 3.63) is 30.1 Å². The zero-order valence-corrected chi connectivity index (χ0v) is 13.9. The molecule has 2 aliphatic heterocycles. The number of amides is 4. The van der Waals surface area contributed by atoms with Gasteiger partial charge in [0, 0.05) is 31.9 Å². The Morgan fingerprint density at radius 1 is 1.00 bits per heavy atom. The molecular formula is C17H21FN4O3. The Morgan fingerprint density at radius 2 is 1.68 bits per heavy atom. The largest absolute Gasteiger partial charge is 0.341 e. The molecule has 0 radical (unpaired) electrons. The molecule has 1 aromatic carbocycles. The molecule has 2 aliphatic rings. The minimum Gasteiger partial charge on any atom is -0.341 e. The van der Waals surface area contributed by atoms with Gasteiger partial charge in [0.1, 0.15) is 12.4 Å². The van der Waals surface area contributed by atoms with E-state index in [2.05, 4.69) is 5.32 Å². The molecule has 2 fully saturated rings. The quantitative estimate of drug-likeness (QED) is 0.890. The lowest BCUT2D eigenvalue weighted by molar-refractivity contribution is -0.142. The highest BCUT2D eigenvalue weighted by molar-refractivity contribution is 5.94. The molecule has 3 rings (SSSR count). The smallest absolute Gasteiger partial charge is 0.322 e. The standard InChI is InChI=1S/C17H21FN4O3/c18-13-3-5-14(6-4-13)19-17(25)22-10-9-21(16(24)12-22)11-15(23)20-7-1-2-8-20/h3-6H,1-2,7-12H2,(H,19,25). The van der Waals surface area contributed by atoms with Crippen LogP contribution in [0.1, 0.15) is 12.8 Å². The van der Waals surface area contributed by atoms with Gasteiger partial charge in [0.15, 0.2) is 0 Å². The van der Waals surface area contributed by atoms with E-state index in [4.69, 9.17) is 0 Å². The Labute approximate surface area is 145 Å². The van der Waals surface area contributed by atoms with Crippen molar-refractivity contribution in [2.75, 3.05) is 44.6 Å². The summed E-state index contributed by atoms with van der Waals surface area (Å²) in [6, 6.07) is 5.01. The van der Waals surface area contributed by atoms with Gasteiger partial charge in [0.25, 0.3) is 0 Å². The molecule has 8 heteroatoms. The van der Waals surface area contributed by atoms with Crippen molar-refractivity contribution in [2.45, 2.75) is 12.8 Å². The summed E-state index contributed by atoms with van der Waals surface area (Å²) in [6.45, 7) is 2.20. The van der Waals surface area contributed by atoms with Crippen LogP contribution in [-0.2, 0) is 9.59 Å². The first-order chi connectivity index (χ1) is 12.0. The molecule has 0 saturated carbocycles. The molecule has 25 heavy (non-hydrogen) atoms. The van der Waals surface area contributed by atoms with Crippen LogP contribution in [0.2, 0.25) is 0 Å². The first-order valence-corrected chi connectivity index (χ1v) is 8.40. The van der Waals surface area contributed by atoms with Crippen molar-refractivity contribution >= 4 is 23.5 Å². The molecule has 0 bridgehead atoms. The summed E-state index contributed by atoms with van der Waals surface area (Å²) >= 11 is 0. The molecule has 0 aliphatic carbocycles.